The van der Waals surface area contributed by atoms with Crippen LogP contribution in [-0.2, 0) is 9.53 Å². The van der Waals surface area contributed by atoms with E-state index < -0.39 is 0 Å². The van der Waals surface area contributed by atoms with Gasteiger partial charge in [0.2, 0.25) is 5.91 Å². The number of carbonyl (C=O) groups excluding carboxylic acids is 1. The van der Waals surface area contributed by atoms with Gasteiger partial charge in [0.05, 0.1) is 6.54 Å². The van der Waals surface area contributed by atoms with Crippen LogP contribution in [0.3, 0.4) is 0 Å². The summed E-state index contributed by atoms with van der Waals surface area (Å²) in [4.78, 5) is 11.4. The Kier molecular flexibility index (Phi) is 6.31. The molecule has 1 aliphatic rings. The zero-order chi connectivity index (χ0) is 10.9. The molecular formula is C10H21N3O2. The molecule has 0 unspecified atom stereocenters. The molecule has 0 saturated carbocycles. The third-order valence-electron chi connectivity index (χ3n) is 2.43. The smallest absolute Gasteiger partial charge is 0.234 e. The van der Waals surface area contributed by atoms with Crippen molar-refractivity contribution in [2.45, 2.75) is 25.3 Å². The molecule has 88 valence electrons. The van der Waals surface area contributed by atoms with Crippen LogP contribution in [-0.4, -0.2) is 44.8 Å². The molecular weight excluding hydrogens is 194 g/mol. The molecule has 4 N–H and O–H groups in total. The lowest BCUT2D eigenvalue weighted by molar-refractivity contribution is -0.121. The average molecular weight is 215 g/mol. The molecule has 0 radical (unpaired) electrons. The first-order chi connectivity index (χ1) is 7.33. The van der Waals surface area contributed by atoms with Crippen LogP contribution in [0.2, 0.25) is 0 Å². The molecule has 0 aromatic carbocycles. The number of hydrogen-bond acceptors (Lipinski definition) is 4. The van der Waals surface area contributed by atoms with E-state index in [1.807, 2.05) is 0 Å². The Labute approximate surface area is 90.7 Å². The van der Waals surface area contributed by atoms with Gasteiger partial charge in [0.1, 0.15) is 0 Å². The summed E-state index contributed by atoms with van der Waals surface area (Å²) in [5.74, 6) is 0.0684. The molecule has 1 saturated heterocycles. The van der Waals surface area contributed by atoms with Crippen molar-refractivity contribution in [3.8, 4) is 0 Å². The Morgan fingerprint density at radius 2 is 2.13 bits per heavy atom. The van der Waals surface area contributed by atoms with E-state index in [9.17, 15) is 4.79 Å². The second-order valence-corrected chi connectivity index (χ2v) is 3.77. The molecule has 0 aromatic rings. The van der Waals surface area contributed by atoms with Crippen molar-refractivity contribution >= 4 is 5.91 Å². The lowest BCUT2D eigenvalue weighted by Crippen LogP contribution is -2.43. The molecule has 1 aliphatic heterocycles. The summed E-state index contributed by atoms with van der Waals surface area (Å²) in [7, 11) is 0. The summed E-state index contributed by atoms with van der Waals surface area (Å²) in [5.41, 5.74) is 5.34. The summed E-state index contributed by atoms with van der Waals surface area (Å²) < 4.78 is 5.21. The van der Waals surface area contributed by atoms with Crippen LogP contribution in [0.25, 0.3) is 0 Å². The van der Waals surface area contributed by atoms with Gasteiger partial charge in [-0.2, -0.15) is 0 Å². The van der Waals surface area contributed by atoms with Crippen molar-refractivity contribution in [1.82, 2.24) is 10.6 Å². The summed E-state index contributed by atoms with van der Waals surface area (Å²) in [6.07, 6.45) is 2.76. The largest absolute Gasteiger partial charge is 0.381 e. The van der Waals surface area contributed by atoms with Gasteiger partial charge in [-0.15, -0.1) is 0 Å². The minimum Gasteiger partial charge on any atom is -0.381 e. The van der Waals surface area contributed by atoms with Gasteiger partial charge in [0.15, 0.2) is 0 Å². The van der Waals surface area contributed by atoms with Crippen LogP contribution in [0.1, 0.15) is 19.3 Å². The Morgan fingerprint density at radius 1 is 1.40 bits per heavy atom. The molecule has 15 heavy (non-hydrogen) atoms. The molecule has 1 fully saturated rings. The van der Waals surface area contributed by atoms with Crippen molar-refractivity contribution < 1.29 is 9.53 Å². The van der Waals surface area contributed by atoms with E-state index in [0.29, 0.717) is 19.1 Å². The van der Waals surface area contributed by atoms with Crippen LogP contribution >= 0.6 is 0 Å². The maximum atomic E-state index is 11.4. The van der Waals surface area contributed by atoms with Crippen molar-refractivity contribution in [3.63, 3.8) is 0 Å². The molecule has 1 heterocycles. The summed E-state index contributed by atoms with van der Waals surface area (Å²) in [6, 6.07) is 0.294. The highest BCUT2D eigenvalue weighted by Gasteiger charge is 2.15. The summed E-state index contributed by atoms with van der Waals surface area (Å²) >= 11 is 0. The van der Waals surface area contributed by atoms with E-state index >= 15 is 0 Å². The topological polar surface area (TPSA) is 76.4 Å². The van der Waals surface area contributed by atoms with Crippen LogP contribution in [0.15, 0.2) is 0 Å². The normalized spacial score (nSPS) is 17.7. The fourth-order valence-corrected chi connectivity index (χ4v) is 1.55. The minimum absolute atomic E-state index is 0.0684. The maximum absolute atomic E-state index is 11.4. The Hall–Kier alpha value is -0.650. The third-order valence-corrected chi connectivity index (χ3v) is 2.43. The first-order valence-electron chi connectivity index (χ1n) is 5.61. The first-order valence-corrected chi connectivity index (χ1v) is 5.61. The number of carbonyl (C=O) groups is 1. The van der Waals surface area contributed by atoms with Gasteiger partial charge in [-0.25, -0.2) is 0 Å². The Balaban J connectivity index is 2.01. The minimum atomic E-state index is 0.0684. The molecule has 0 aromatic heterocycles. The summed E-state index contributed by atoms with van der Waals surface area (Å²) in [6.45, 7) is 3.36. The van der Waals surface area contributed by atoms with Gasteiger partial charge >= 0.3 is 0 Å². The molecule has 0 aliphatic carbocycles. The van der Waals surface area contributed by atoms with Crippen molar-refractivity contribution in [2.24, 2.45) is 5.73 Å². The fourth-order valence-electron chi connectivity index (χ4n) is 1.55. The van der Waals surface area contributed by atoms with Gasteiger partial charge in [0.25, 0.3) is 0 Å². The summed E-state index contributed by atoms with van der Waals surface area (Å²) in [5, 5.41) is 6.04. The van der Waals surface area contributed by atoms with Gasteiger partial charge in [-0.1, -0.05) is 0 Å². The highest BCUT2D eigenvalue weighted by Crippen LogP contribution is 2.05. The second kappa shape index (κ2) is 7.62. The molecule has 0 bridgehead atoms. The Morgan fingerprint density at radius 3 is 2.80 bits per heavy atom. The molecule has 0 spiro atoms. The predicted molar refractivity (Wildman–Crippen MR) is 58.5 cm³/mol. The van der Waals surface area contributed by atoms with E-state index in [0.717, 1.165) is 39.0 Å². The number of nitrogens with two attached hydrogens (primary N) is 1. The zero-order valence-corrected chi connectivity index (χ0v) is 9.13. The highest BCUT2D eigenvalue weighted by molar-refractivity contribution is 5.78. The monoisotopic (exact) mass is 215 g/mol. The molecule has 5 nitrogen and oxygen atoms in total. The van der Waals surface area contributed by atoms with Crippen LogP contribution in [0.5, 0.6) is 0 Å². The standard InChI is InChI=1S/C10H21N3O2/c11-4-1-5-12-8-10(14)13-9-2-6-15-7-3-9/h9,12H,1-8,11H2,(H,13,14). The lowest BCUT2D eigenvalue weighted by Gasteiger charge is -2.23. The van der Waals surface area contributed by atoms with E-state index in [1.165, 1.54) is 0 Å². The van der Waals surface area contributed by atoms with Crippen molar-refractivity contribution in [2.75, 3.05) is 32.8 Å². The van der Waals surface area contributed by atoms with Crippen molar-refractivity contribution in [1.29, 1.82) is 0 Å². The van der Waals surface area contributed by atoms with E-state index in [2.05, 4.69) is 10.6 Å². The SMILES string of the molecule is NCCCNCC(=O)NC1CCOCC1. The highest BCUT2D eigenvalue weighted by atomic mass is 16.5. The predicted octanol–water partition coefficient (Wildman–Crippen LogP) is -0.780. The van der Waals surface area contributed by atoms with Crippen LogP contribution < -0.4 is 16.4 Å². The third kappa shape index (κ3) is 5.71. The van der Waals surface area contributed by atoms with E-state index in [-0.39, 0.29) is 5.91 Å². The van der Waals surface area contributed by atoms with Gasteiger partial charge in [-0.05, 0) is 32.4 Å². The van der Waals surface area contributed by atoms with Gasteiger partial charge in [0, 0.05) is 19.3 Å². The van der Waals surface area contributed by atoms with E-state index in [4.69, 9.17) is 10.5 Å². The molecule has 0 atom stereocenters. The quantitative estimate of drug-likeness (QED) is 0.508. The van der Waals surface area contributed by atoms with Gasteiger partial charge in [-0.3, -0.25) is 4.79 Å². The zero-order valence-electron chi connectivity index (χ0n) is 9.13. The molecule has 5 heteroatoms. The molecule has 1 amide bonds. The lowest BCUT2D eigenvalue weighted by atomic mass is 10.1. The van der Waals surface area contributed by atoms with Crippen molar-refractivity contribution in [3.05, 3.63) is 0 Å². The number of nitrogens with one attached hydrogen (secondary N) is 2. The average Bonchev–Trinajstić information content (AvgIpc) is 2.26. The fraction of sp³-hybridized carbons (Fsp3) is 0.900. The number of ether oxygens (including phenoxy) is 1. The van der Waals surface area contributed by atoms with E-state index in [1.54, 1.807) is 0 Å². The first kappa shape index (κ1) is 12.4. The second-order valence-electron chi connectivity index (χ2n) is 3.77. The van der Waals surface area contributed by atoms with Crippen LogP contribution in [0, 0.1) is 0 Å². The van der Waals surface area contributed by atoms with Crippen LogP contribution in [0.4, 0.5) is 0 Å². The number of hydrogen-bond donors (Lipinski definition) is 3. The van der Waals surface area contributed by atoms with Gasteiger partial charge < -0.3 is 21.1 Å². The maximum Gasteiger partial charge on any atom is 0.234 e. The number of amides is 1. The number of rotatable bonds is 6. The Bertz CT molecular complexity index is 182. The molecule has 1 rings (SSSR count).